The number of amides is 1. The SMILES string of the molecule is CC(CO)(CO)NC(=O)[C@@H]1C[C@@H]1C(=O)O. The highest BCUT2D eigenvalue weighted by Crippen LogP contribution is 2.38. The van der Waals surface area contributed by atoms with Crippen molar-refractivity contribution in [1.29, 1.82) is 0 Å². The van der Waals surface area contributed by atoms with Crippen molar-refractivity contribution in [2.24, 2.45) is 11.8 Å². The minimum Gasteiger partial charge on any atom is -0.481 e. The number of rotatable bonds is 5. The van der Waals surface area contributed by atoms with E-state index in [2.05, 4.69) is 5.32 Å². The second-order valence-electron chi connectivity index (χ2n) is 4.15. The number of aliphatic hydroxyl groups excluding tert-OH is 2. The summed E-state index contributed by atoms with van der Waals surface area (Å²) in [4.78, 5) is 22.0. The molecule has 6 heteroatoms. The Morgan fingerprint density at radius 1 is 1.33 bits per heavy atom. The van der Waals surface area contributed by atoms with Gasteiger partial charge in [-0.1, -0.05) is 0 Å². The van der Waals surface area contributed by atoms with Gasteiger partial charge in [0, 0.05) is 0 Å². The van der Waals surface area contributed by atoms with E-state index in [0.29, 0.717) is 6.42 Å². The monoisotopic (exact) mass is 217 g/mol. The van der Waals surface area contributed by atoms with Crippen molar-refractivity contribution in [3.63, 3.8) is 0 Å². The van der Waals surface area contributed by atoms with Gasteiger partial charge in [0.25, 0.3) is 0 Å². The molecule has 1 saturated carbocycles. The normalized spacial score (nSPS) is 24.7. The van der Waals surface area contributed by atoms with Crippen LogP contribution in [0.5, 0.6) is 0 Å². The average Bonchev–Trinajstić information content (AvgIpc) is 2.97. The van der Waals surface area contributed by atoms with Crippen LogP contribution in [-0.2, 0) is 9.59 Å². The van der Waals surface area contributed by atoms with Gasteiger partial charge in [0.05, 0.1) is 30.6 Å². The topological polar surface area (TPSA) is 107 Å². The van der Waals surface area contributed by atoms with Crippen molar-refractivity contribution in [3.05, 3.63) is 0 Å². The van der Waals surface area contributed by atoms with Crippen LogP contribution in [0.1, 0.15) is 13.3 Å². The molecule has 0 radical (unpaired) electrons. The molecule has 15 heavy (non-hydrogen) atoms. The van der Waals surface area contributed by atoms with Gasteiger partial charge >= 0.3 is 5.97 Å². The van der Waals surface area contributed by atoms with Crippen LogP contribution in [0.4, 0.5) is 0 Å². The molecule has 0 heterocycles. The molecule has 86 valence electrons. The van der Waals surface area contributed by atoms with Crippen molar-refractivity contribution in [1.82, 2.24) is 5.32 Å². The van der Waals surface area contributed by atoms with E-state index in [9.17, 15) is 9.59 Å². The summed E-state index contributed by atoms with van der Waals surface area (Å²) in [5.74, 6) is -2.55. The number of hydrogen-bond acceptors (Lipinski definition) is 4. The lowest BCUT2D eigenvalue weighted by molar-refractivity contribution is -0.140. The number of carboxylic acids is 1. The van der Waals surface area contributed by atoms with E-state index in [-0.39, 0.29) is 13.2 Å². The van der Waals surface area contributed by atoms with E-state index >= 15 is 0 Å². The number of aliphatic carboxylic acids is 1. The van der Waals surface area contributed by atoms with Crippen molar-refractivity contribution in [2.45, 2.75) is 18.9 Å². The molecule has 0 aromatic heterocycles. The number of hydrogen-bond donors (Lipinski definition) is 4. The Morgan fingerprint density at radius 2 is 1.87 bits per heavy atom. The lowest BCUT2D eigenvalue weighted by Crippen LogP contribution is -2.52. The summed E-state index contributed by atoms with van der Waals surface area (Å²) < 4.78 is 0. The summed E-state index contributed by atoms with van der Waals surface area (Å²) in [6.45, 7) is 0.711. The van der Waals surface area contributed by atoms with E-state index in [1.165, 1.54) is 6.92 Å². The second-order valence-corrected chi connectivity index (χ2v) is 4.15. The molecule has 0 aliphatic heterocycles. The first-order valence-electron chi connectivity index (χ1n) is 4.70. The van der Waals surface area contributed by atoms with Gasteiger partial charge in [-0.2, -0.15) is 0 Å². The van der Waals surface area contributed by atoms with Crippen molar-refractivity contribution < 1.29 is 24.9 Å². The van der Waals surface area contributed by atoms with Crippen LogP contribution < -0.4 is 5.32 Å². The first-order chi connectivity index (χ1) is 6.93. The molecule has 1 amide bonds. The van der Waals surface area contributed by atoms with E-state index < -0.39 is 29.3 Å². The zero-order valence-electron chi connectivity index (χ0n) is 8.43. The lowest BCUT2D eigenvalue weighted by atomic mass is 10.1. The Hall–Kier alpha value is -1.14. The molecule has 4 N–H and O–H groups in total. The maximum Gasteiger partial charge on any atom is 0.307 e. The van der Waals surface area contributed by atoms with Crippen LogP contribution in [0.15, 0.2) is 0 Å². The van der Waals surface area contributed by atoms with Crippen LogP contribution >= 0.6 is 0 Å². The molecular formula is C9H15NO5. The largest absolute Gasteiger partial charge is 0.481 e. The summed E-state index contributed by atoms with van der Waals surface area (Å²) in [6, 6.07) is 0. The highest BCUT2D eigenvalue weighted by molar-refractivity contribution is 5.89. The van der Waals surface area contributed by atoms with Gasteiger partial charge < -0.3 is 20.6 Å². The van der Waals surface area contributed by atoms with Crippen molar-refractivity contribution in [3.8, 4) is 0 Å². The standard InChI is InChI=1S/C9H15NO5/c1-9(3-11,4-12)10-7(13)5-2-6(5)8(14)15/h5-6,11-12H,2-4H2,1H3,(H,10,13)(H,14,15)/t5-,6+/m1/s1. The lowest BCUT2D eigenvalue weighted by Gasteiger charge is -2.26. The molecule has 1 fully saturated rings. The van der Waals surface area contributed by atoms with Gasteiger partial charge in [0.15, 0.2) is 0 Å². The van der Waals surface area contributed by atoms with Gasteiger partial charge in [-0.3, -0.25) is 9.59 Å². The molecule has 1 aliphatic carbocycles. The second kappa shape index (κ2) is 4.16. The molecule has 0 aromatic rings. The zero-order valence-corrected chi connectivity index (χ0v) is 8.43. The number of nitrogens with one attached hydrogen (secondary N) is 1. The molecule has 0 aromatic carbocycles. The van der Waals surface area contributed by atoms with Crippen molar-refractivity contribution >= 4 is 11.9 Å². The highest BCUT2D eigenvalue weighted by Gasteiger charge is 2.49. The minimum absolute atomic E-state index is 0.327. The molecule has 0 bridgehead atoms. The molecule has 0 saturated heterocycles. The summed E-state index contributed by atoms with van der Waals surface area (Å²) in [7, 11) is 0. The van der Waals surface area contributed by atoms with Gasteiger partial charge in [-0.25, -0.2) is 0 Å². The average molecular weight is 217 g/mol. The Labute approximate surface area is 86.9 Å². The molecule has 0 unspecified atom stereocenters. The molecule has 1 aliphatic rings. The fourth-order valence-corrected chi connectivity index (χ4v) is 1.28. The van der Waals surface area contributed by atoms with E-state index in [4.69, 9.17) is 15.3 Å². The van der Waals surface area contributed by atoms with Crippen LogP contribution in [0.25, 0.3) is 0 Å². The molecular weight excluding hydrogens is 202 g/mol. The molecule has 2 atom stereocenters. The third-order valence-electron chi connectivity index (χ3n) is 2.57. The summed E-state index contributed by atoms with van der Waals surface area (Å²) in [6.07, 6.45) is 0.327. The predicted molar refractivity (Wildman–Crippen MR) is 50.0 cm³/mol. The van der Waals surface area contributed by atoms with Gasteiger partial charge in [-0.05, 0) is 13.3 Å². The molecule has 6 nitrogen and oxygen atoms in total. The first-order valence-corrected chi connectivity index (χ1v) is 4.70. The molecule has 0 spiro atoms. The van der Waals surface area contributed by atoms with Crippen LogP contribution in [-0.4, -0.2) is 45.9 Å². The Bertz CT molecular complexity index is 274. The molecule has 1 rings (SSSR count). The maximum atomic E-state index is 11.5. The van der Waals surface area contributed by atoms with Crippen molar-refractivity contribution in [2.75, 3.05) is 13.2 Å². The third kappa shape index (κ3) is 2.66. The number of carboxylic acid groups (broad SMARTS) is 1. The Balaban J connectivity index is 2.47. The van der Waals surface area contributed by atoms with Gasteiger partial charge in [0.2, 0.25) is 5.91 Å². The summed E-state index contributed by atoms with van der Waals surface area (Å²) >= 11 is 0. The van der Waals surface area contributed by atoms with Crippen LogP contribution in [0.3, 0.4) is 0 Å². The van der Waals surface area contributed by atoms with Crippen LogP contribution in [0.2, 0.25) is 0 Å². The fraction of sp³-hybridized carbons (Fsp3) is 0.778. The van der Waals surface area contributed by atoms with E-state index in [1.54, 1.807) is 0 Å². The Kier molecular flexibility index (Phi) is 3.31. The van der Waals surface area contributed by atoms with Gasteiger partial charge in [-0.15, -0.1) is 0 Å². The Morgan fingerprint density at radius 3 is 2.20 bits per heavy atom. The first kappa shape index (κ1) is 11.9. The predicted octanol–water partition coefficient (Wildman–Crippen LogP) is -1.43. The van der Waals surface area contributed by atoms with Crippen LogP contribution in [0, 0.1) is 11.8 Å². The minimum atomic E-state index is -1.08. The zero-order chi connectivity index (χ0) is 11.6. The summed E-state index contributed by atoms with van der Waals surface area (Å²) in [5.41, 5.74) is -1.08. The van der Waals surface area contributed by atoms with E-state index in [0.717, 1.165) is 0 Å². The summed E-state index contributed by atoms with van der Waals surface area (Å²) in [5, 5.41) is 28.9. The maximum absolute atomic E-state index is 11.5. The highest BCUT2D eigenvalue weighted by atomic mass is 16.4. The van der Waals surface area contributed by atoms with E-state index in [1.807, 2.05) is 0 Å². The number of carbonyl (C=O) groups excluding carboxylic acids is 1. The fourth-order valence-electron chi connectivity index (χ4n) is 1.28. The number of aliphatic hydroxyl groups is 2. The third-order valence-corrected chi connectivity index (χ3v) is 2.57. The van der Waals surface area contributed by atoms with Gasteiger partial charge in [0.1, 0.15) is 0 Å². The quantitative estimate of drug-likeness (QED) is 0.451. The smallest absolute Gasteiger partial charge is 0.307 e. The number of carbonyl (C=O) groups is 2.